The predicted molar refractivity (Wildman–Crippen MR) is 68.9 cm³/mol. The summed E-state index contributed by atoms with van der Waals surface area (Å²) in [6, 6.07) is 8.24. The molecule has 1 aliphatic carbocycles. The van der Waals surface area contributed by atoms with Crippen LogP contribution >= 0.6 is 0 Å². The molecule has 1 aromatic rings. The van der Waals surface area contributed by atoms with Crippen LogP contribution in [0, 0.1) is 10.8 Å². The van der Waals surface area contributed by atoms with Gasteiger partial charge < -0.3 is 0 Å². The summed E-state index contributed by atoms with van der Waals surface area (Å²) in [5.41, 5.74) is 2.36. The van der Waals surface area contributed by atoms with Gasteiger partial charge in [0.05, 0.1) is 17.5 Å². The molecular formula is C14H18N2O. The van der Waals surface area contributed by atoms with E-state index in [1.165, 1.54) is 37.7 Å². The first-order valence-corrected chi connectivity index (χ1v) is 6.60. The molecule has 1 aromatic carbocycles. The summed E-state index contributed by atoms with van der Waals surface area (Å²) in [4.78, 5) is 10.9. The minimum atomic E-state index is 0.518. The smallest absolute Gasteiger partial charge is 0.0662 e. The standard InChI is InChI=1S/C14H18N2O/c17-15-16-10-13(11-6-2-1-3-7-11)12-8-4-5-9-14(12)16/h4-5,8-9,11,13H,1-3,6-7,10H2. The van der Waals surface area contributed by atoms with Crippen molar-refractivity contribution in [1.82, 2.24) is 0 Å². The highest BCUT2D eigenvalue weighted by Crippen LogP contribution is 2.44. The Kier molecular flexibility index (Phi) is 2.83. The molecule has 1 unspecified atom stereocenters. The Balaban J connectivity index is 1.89. The maximum absolute atomic E-state index is 10.9. The molecule has 0 spiro atoms. The maximum atomic E-state index is 10.9. The summed E-state index contributed by atoms with van der Waals surface area (Å²) in [6.45, 7) is 0.785. The fourth-order valence-corrected chi connectivity index (χ4v) is 3.44. The summed E-state index contributed by atoms with van der Waals surface area (Å²) in [5.74, 6) is 1.26. The van der Waals surface area contributed by atoms with E-state index in [1.54, 1.807) is 5.01 Å². The second-order valence-corrected chi connectivity index (χ2v) is 5.23. The molecule has 17 heavy (non-hydrogen) atoms. The van der Waals surface area contributed by atoms with E-state index >= 15 is 0 Å². The maximum Gasteiger partial charge on any atom is 0.0662 e. The number of rotatable bonds is 2. The summed E-state index contributed by atoms with van der Waals surface area (Å²) in [5, 5.41) is 4.79. The second-order valence-electron chi connectivity index (χ2n) is 5.23. The lowest BCUT2D eigenvalue weighted by atomic mass is 9.78. The minimum Gasteiger partial charge on any atom is -0.228 e. The molecule has 3 rings (SSSR count). The normalized spacial score (nSPS) is 24.7. The van der Waals surface area contributed by atoms with Crippen LogP contribution in [0.1, 0.15) is 43.6 Å². The van der Waals surface area contributed by atoms with Gasteiger partial charge in [-0.2, -0.15) is 0 Å². The first kappa shape index (κ1) is 10.8. The Bertz CT molecular complexity index is 412. The molecule has 1 aliphatic heterocycles. The molecule has 0 amide bonds. The first-order valence-electron chi connectivity index (χ1n) is 6.60. The molecule has 0 aromatic heterocycles. The number of hydrogen-bond acceptors (Lipinski definition) is 2. The molecule has 1 saturated carbocycles. The SMILES string of the molecule is O=NN1CC(C2CCCCC2)c2ccccc21. The highest BCUT2D eigenvalue weighted by Gasteiger charge is 2.35. The van der Waals surface area contributed by atoms with Gasteiger partial charge in [-0.1, -0.05) is 37.5 Å². The molecule has 90 valence electrons. The van der Waals surface area contributed by atoms with Crippen LogP contribution in [0.2, 0.25) is 0 Å². The molecule has 1 fully saturated rings. The van der Waals surface area contributed by atoms with E-state index in [1.807, 2.05) is 12.1 Å². The van der Waals surface area contributed by atoms with Crippen molar-refractivity contribution >= 4 is 5.69 Å². The molecule has 0 N–H and O–H groups in total. The largest absolute Gasteiger partial charge is 0.228 e. The van der Waals surface area contributed by atoms with Crippen molar-refractivity contribution in [3.8, 4) is 0 Å². The van der Waals surface area contributed by atoms with Crippen molar-refractivity contribution in [1.29, 1.82) is 0 Å². The third kappa shape index (κ3) is 1.84. The Morgan fingerprint density at radius 2 is 1.88 bits per heavy atom. The van der Waals surface area contributed by atoms with Crippen LogP contribution in [-0.4, -0.2) is 6.54 Å². The summed E-state index contributed by atoms with van der Waals surface area (Å²) in [7, 11) is 0. The van der Waals surface area contributed by atoms with Gasteiger partial charge >= 0.3 is 0 Å². The lowest BCUT2D eigenvalue weighted by Gasteiger charge is -2.27. The Hall–Kier alpha value is -1.38. The Morgan fingerprint density at radius 3 is 2.65 bits per heavy atom. The zero-order valence-electron chi connectivity index (χ0n) is 10.0. The average Bonchev–Trinajstić information content (AvgIpc) is 2.78. The zero-order valence-corrected chi connectivity index (χ0v) is 10.0. The molecule has 3 nitrogen and oxygen atoms in total. The zero-order chi connectivity index (χ0) is 11.7. The van der Waals surface area contributed by atoms with Crippen LogP contribution in [-0.2, 0) is 0 Å². The van der Waals surface area contributed by atoms with Crippen molar-refractivity contribution < 1.29 is 0 Å². The van der Waals surface area contributed by atoms with Gasteiger partial charge in [0.15, 0.2) is 0 Å². The molecule has 1 heterocycles. The van der Waals surface area contributed by atoms with Crippen molar-refractivity contribution in [2.45, 2.75) is 38.0 Å². The van der Waals surface area contributed by atoms with E-state index in [4.69, 9.17) is 0 Å². The second kappa shape index (κ2) is 4.47. The highest BCUT2D eigenvalue weighted by molar-refractivity contribution is 5.59. The van der Waals surface area contributed by atoms with E-state index in [9.17, 15) is 4.91 Å². The van der Waals surface area contributed by atoms with Gasteiger partial charge in [-0.05, 0) is 30.4 Å². The highest BCUT2D eigenvalue weighted by atomic mass is 16.3. The Labute approximate surface area is 102 Å². The van der Waals surface area contributed by atoms with Gasteiger partial charge in [-0.3, -0.25) is 0 Å². The van der Waals surface area contributed by atoms with Crippen LogP contribution in [0.5, 0.6) is 0 Å². The average molecular weight is 230 g/mol. The van der Waals surface area contributed by atoms with E-state index < -0.39 is 0 Å². The molecule has 3 heteroatoms. The Morgan fingerprint density at radius 1 is 1.12 bits per heavy atom. The lowest BCUT2D eigenvalue weighted by molar-refractivity contribution is 0.312. The van der Waals surface area contributed by atoms with Crippen LogP contribution < -0.4 is 5.01 Å². The van der Waals surface area contributed by atoms with E-state index in [0.717, 1.165) is 18.2 Å². The minimum absolute atomic E-state index is 0.518. The lowest BCUT2D eigenvalue weighted by Crippen LogP contribution is -2.21. The van der Waals surface area contributed by atoms with Gasteiger partial charge in [-0.15, -0.1) is 4.91 Å². The van der Waals surface area contributed by atoms with Crippen LogP contribution in [0.15, 0.2) is 29.6 Å². The van der Waals surface area contributed by atoms with Crippen molar-refractivity contribution in [3.05, 3.63) is 34.7 Å². The fourth-order valence-electron chi connectivity index (χ4n) is 3.44. The van der Waals surface area contributed by atoms with Gasteiger partial charge in [0.25, 0.3) is 0 Å². The van der Waals surface area contributed by atoms with Crippen molar-refractivity contribution in [2.75, 3.05) is 11.6 Å². The molecule has 0 radical (unpaired) electrons. The quantitative estimate of drug-likeness (QED) is 0.723. The number of hydrogen-bond donors (Lipinski definition) is 0. The summed E-state index contributed by atoms with van der Waals surface area (Å²) in [6.07, 6.45) is 6.69. The van der Waals surface area contributed by atoms with E-state index in [-0.39, 0.29) is 0 Å². The van der Waals surface area contributed by atoms with Gasteiger partial charge in [0.1, 0.15) is 0 Å². The third-order valence-corrected chi connectivity index (χ3v) is 4.30. The summed E-state index contributed by atoms with van der Waals surface area (Å²) < 4.78 is 0. The molecule has 2 aliphatic rings. The molecular weight excluding hydrogens is 212 g/mol. The van der Waals surface area contributed by atoms with Gasteiger partial charge in [0.2, 0.25) is 0 Å². The molecule has 1 atom stereocenters. The molecule has 0 saturated heterocycles. The number of nitroso groups, excluding NO2 is 1. The monoisotopic (exact) mass is 230 g/mol. The van der Waals surface area contributed by atoms with Crippen LogP contribution in [0.25, 0.3) is 0 Å². The van der Waals surface area contributed by atoms with Gasteiger partial charge in [0, 0.05) is 5.92 Å². The first-order chi connectivity index (χ1) is 8.40. The van der Waals surface area contributed by atoms with Crippen LogP contribution in [0.4, 0.5) is 5.69 Å². The van der Waals surface area contributed by atoms with E-state index in [2.05, 4.69) is 17.4 Å². The molecule has 0 bridgehead atoms. The number of para-hydroxylation sites is 1. The number of benzene rings is 1. The number of nitrogens with zero attached hydrogens (tertiary/aromatic N) is 2. The topological polar surface area (TPSA) is 32.7 Å². The predicted octanol–water partition coefficient (Wildman–Crippen LogP) is 3.85. The number of fused-ring (bicyclic) bond motifs is 1. The summed E-state index contributed by atoms with van der Waals surface area (Å²) >= 11 is 0. The third-order valence-electron chi connectivity index (χ3n) is 4.30. The fraction of sp³-hybridized carbons (Fsp3) is 0.571. The number of anilines is 1. The van der Waals surface area contributed by atoms with E-state index in [0.29, 0.717) is 5.92 Å². The van der Waals surface area contributed by atoms with Crippen molar-refractivity contribution in [3.63, 3.8) is 0 Å². The van der Waals surface area contributed by atoms with Crippen LogP contribution in [0.3, 0.4) is 0 Å². The van der Waals surface area contributed by atoms with Gasteiger partial charge in [-0.25, -0.2) is 5.01 Å². The van der Waals surface area contributed by atoms with Crippen molar-refractivity contribution in [2.24, 2.45) is 11.2 Å².